The Morgan fingerprint density at radius 1 is 0.317 bits per heavy atom. The second-order valence-electron chi connectivity index (χ2n) is 16.2. The van der Waals surface area contributed by atoms with Crippen molar-refractivity contribution in [1.82, 2.24) is 4.57 Å². The molecule has 10 aromatic carbocycles. The molecule has 5 heteroatoms. The third kappa shape index (κ3) is 5.50. The Hall–Kier alpha value is -8.54. The van der Waals surface area contributed by atoms with Crippen molar-refractivity contribution in [3.05, 3.63) is 231 Å². The molecule has 0 saturated heterocycles. The minimum atomic E-state index is 0.866. The minimum Gasteiger partial charge on any atom is -0.456 e. The van der Waals surface area contributed by atoms with Gasteiger partial charge >= 0.3 is 0 Å². The quantitative estimate of drug-likeness (QED) is 0.167. The van der Waals surface area contributed by atoms with Crippen LogP contribution in [0.1, 0.15) is 0 Å². The molecule has 0 aliphatic carbocycles. The van der Waals surface area contributed by atoms with Gasteiger partial charge in [0.25, 0.3) is 0 Å². The number of benzene rings is 10. The summed E-state index contributed by atoms with van der Waals surface area (Å²) in [6, 6.07) is 83.1. The van der Waals surface area contributed by atoms with Crippen molar-refractivity contribution in [2.24, 2.45) is 0 Å². The summed E-state index contributed by atoms with van der Waals surface area (Å²) in [5, 5.41) is 6.96. The van der Waals surface area contributed by atoms with Gasteiger partial charge < -0.3 is 23.7 Å². The predicted molar refractivity (Wildman–Crippen MR) is 263 cm³/mol. The first kappa shape index (κ1) is 35.2. The maximum Gasteiger partial charge on any atom is 0.135 e. The summed E-state index contributed by atoms with van der Waals surface area (Å²) in [6.07, 6.45) is 0. The summed E-state index contributed by atoms with van der Waals surface area (Å²) in [5.74, 6) is 0. The van der Waals surface area contributed by atoms with Crippen molar-refractivity contribution in [2.45, 2.75) is 0 Å². The topological polar surface area (TPSA) is 27.8 Å². The molecule has 2 aromatic heterocycles. The largest absolute Gasteiger partial charge is 0.456 e. The van der Waals surface area contributed by atoms with Crippen molar-refractivity contribution in [2.75, 3.05) is 14.7 Å². The zero-order valence-corrected chi connectivity index (χ0v) is 34.1. The van der Waals surface area contributed by atoms with E-state index in [-0.39, 0.29) is 0 Å². The van der Waals surface area contributed by atoms with E-state index in [9.17, 15) is 0 Å². The van der Waals surface area contributed by atoms with Crippen molar-refractivity contribution in [3.63, 3.8) is 0 Å². The molecule has 1 aliphatic rings. The van der Waals surface area contributed by atoms with Crippen molar-refractivity contribution in [3.8, 4) is 5.69 Å². The van der Waals surface area contributed by atoms with E-state index in [4.69, 9.17) is 4.42 Å². The van der Waals surface area contributed by atoms with E-state index >= 15 is 0 Å². The number of furan rings is 1. The Morgan fingerprint density at radius 2 is 0.841 bits per heavy atom. The van der Waals surface area contributed by atoms with Gasteiger partial charge in [-0.2, -0.15) is 0 Å². The molecule has 0 unspecified atom stereocenters. The fraction of sp³-hybridized carbons (Fsp3) is 0. The summed E-state index contributed by atoms with van der Waals surface area (Å²) in [4.78, 5) is 7.27. The van der Waals surface area contributed by atoms with E-state index in [1.165, 1.54) is 21.5 Å². The van der Waals surface area contributed by atoms with Crippen molar-refractivity contribution >= 4 is 106 Å². The number of para-hydroxylation sites is 4. The maximum absolute atomic E-state index is 6.34. The summed E-state index contributed by atoms with van der Waals surface area (Å²) in [5.41, 5.74) is 14.7. The SMILES string of the molecule is c1ccc(N(c2cc3cc(c2)N(c2ccccc2)c2cccc4c2c2c(cccc2n4-c2cccc4ccccc24)N3c2ccccc2)c2ccc3oc4ccccc4c3c2)cc1. The molecule has 12 aromatic rings. The molecule has 63 heavy (non-hydrogen) atoms. The van der Waals surface area contributed by atoms with E-state index in [0.717, 1.165) is 89.8 Å². The van der Waals surface area contributed by atoms with Gasteiger partial charge in [-0.1, -0.05) is 121 Å². The molecule has 0 fully saturated rings. The average molecular weight is 807 g/mol. The van der Waals surface area contributed by atoms with Gasteiger partial charge in [0.2, 0.25) is 0 Å². The maximum atomic E-state index is 6.34. The van der Waals surface area contributed by atoms with Gasteiger partial charge in [-0.15, -0.1) is 0 Å². The number of hydrogen-bond acceptors (Lipinski definition) is 4. The van der Waals surface area contributed by atoms with Crippen molar-refractivity contribution in [1.29, 1.82) is 0 Å². The highest BCUT2D eigenvalue weighted by atomic mass is 16.3. The molecule has 0 radical (unpaired) electrons. The lowest BCUT2D eigenvalue weighted by molar-refractivity contribution is 0.669. The summed E-state index contributed by atoms with van der Waals surface area (Å²) in [7, 11) is 0. The van der Waals surface area contributed by atoms with E-state index in [0.29, 0.717) is 0 Å². The molecule has 296 valence electrons. The zero-order valence-electron chi connectivity index (χ0n) is 34.1. The zero-order chi connectivity index (χ0) is 41.4. The van der Waals surface area contributed by atoms with Crippen LogP contribution in [-0.4, -0.2) is 4.57 Å². The van der Waals surface area contributed by atoms with Crippen LogP contribution in [0.3, 0.4) is 0 Å². The highest BCUT2D eigenvalue weighted by molar-refractivity contribution is 6.23. The fourth-order valence-electron chi connectivity index (χ4n) is 9.96. The highest BCUT2D eigenvalue weighted by Crippen LogP contribution is 2.53. The van der Waals surface area contributed by atoms with Gasteiger partial charge in [0.1, 0.15) is 11.2 Å². The molecule has 0 saturated carbocycles. The summed E-state index contributed by atoms with van der Waals surface area (Å²) in [6.45, 7) is 0. The van der Waals surface area contributed by atoms with Crippen LogP contribution in [0.25, 0.3) is 60.2 Å². The van der Waals surface area contributed by atoms with Gasteiger partial charge in [-0.25, -0.2) is 0 Å². The number of aromatic nitrogens is 1. The van der Waals surface area contributed by atoms with Crippen molar-refractivity contribution < 1.29 is 4.42 Å². The first-order valence-electron chi connectivity index (χ1n) is 21.4. The lowest BCUT2D eigenvalue weighted by Crippen LogP contribution is -2.15. The normalized spacial score (nSPS) is 12.4. The highest BCUT2D eigenvalue weighted by Gasteiger charge is 2.29. The molecule has 0 atom stereocenters. The molecule has 0 N–H and O–H groups in total. The lowest BCUT2D eigenvalue weighted by Gasteiger charge is -2.32. The standard InChI is InChI=1S/C58H38N4O/c1-4-19-40(20-5-1)59(43-33-34-56-49(38-43)48-26-12-13-32-55(48)63-56)44-35-45-37-46(36-44)61(42-23-8-3-9-24-42)52-29-16-31-54-58(52)57-51(60(45)41-21-6-2-7-22-41)28-15-30-53(57)62(54)50-27-14-18-39-17-10-11-25-47(39)50/h1-38H. The van der Waals surface area contributed by atoms with Crippen LogP contribution in [0, 0.1) is 0 Å². The molecule has 0 spiro atoms. The number of rotatable bonds is 6. The molecule has 13 rings (SSSR count). The predicted octanol–water partition coefficient (Wildman–Crippen LogP) is 16.6. The van der Waals surface area contributed by atoms with Crippen LogP contribution in [-0.2, 0) is 0 Å². The van der Waals surface area contributed by atoms with Crippen LogP contribution in [0.5, 0.6) is 0 Å². The van der Waals surface area contributed by atoms with Gasteiger partial charge in [0.05, 0.1) is 45.2 Å². The number of anilines is 9. The average Bonchev–Trinajstić information content (AvgIpc) is 3.89. The third-order valence-corrected chi connectivity index (χ3v) is 12.6. The molecule has 1 aliphatic heterocycles. The van der Waals surface area contributed by atoms with Gasteiger partial charge in [0, 0.05) is 49.7 Å². The second-order valence-corrected chi connectivity index (χ2v) is 16.2. The van der Waals surface area contributed by atoms with Gasteiger partial charge in [-0.05, 0) is 115 Å². The second kappa shape index (κ2) is 14.0. The smallest absolute Gasteiger partial charge is 0.135 e. The van der Waals surface area contributed by atoms with Gasteiger partial charge in [-0.3, -0.25) is 0 Å². The monoisotopic (exact) mass is 806 g/mol. The number of hydrogen-bond donors (Lipinski definition) is 0. The fourth-order valence-corrected chi connectivity index (χ4v) is 9.96. The van der Waals surface area contributed by atoms with Crippen LogP contribution in [0.2, 0.25) is 0 Å². The molecule has 5 nitrogen and oxygen atoms in total. The van der Waals surface area contributed by atoms with E-state index in [2.05, 4.69) is 238 Å². The third-order valence-electron chi connectivity index (χ3n) is 12.6. The lowest BCUT2D eigenvalue weighted by atomic mass is 10.1. The first-order valence-corrected chi connectivity index (χ1v) is 21.4. The minimum absolute atomic E-state index is 0.866. The summed E-state index contributed by atoms with van der Waals surface area (Å²) >= 11 is 0. The Balaban J connectivity index is 1.15. The van der Waals surface area contributed by atoms with Crippen LogP contribution in [0.15, 0.2) is 235 Å². The van der Waals surface area contributed by atoms with Crippen LogP contribution < -0.4 is 14.7 Å². The van der Waals surface area contributed by atoms with Gasteiger partial charge in [0.15, 0.2) is 0 Å². The molecular formula is C58H38N4O. The molecule has 3 heterocycles. The van der Waals surface area contributed by atoms with E-state index in [1.54, 1.807) is 0 Å². The Labute approximate surface area is 364 Å². The first-order chi connectivity index (χ1) is 31.3. The molecule has 2 bridgehead atoms. The Morgan fingerprint density at radius 3 is 1.51 bits per heavy atom. The number of nitrogens with zero attached hydrogens (tertiary/aromatic N) is 4. The Kier molecular flexibility index (Phi) is 7.84. The Bertz CT molecular complexity index is 3580. The summed E-state index contributed by atoms with van der Waals surface area (Å²) < 4.78 is 8.81. The van der Waals surface area contributed by atoms with E-state index in [1.807, 2.05) is 12.1 Å². The van der Waals surface area contributed by atoms with Crippen LogP contribution in [0.4, 0.5) is 51.2 Å². The van der Waals surface area contributed by atoms with Crippen LogP contribution >= 0.6 is 0 Å². The molecule has 0 amide bonds. The number of fused-ring (bicyclic) bond motifs is 6. The molecular weight excluding hydrogens is 769 g/mol. The van der Waals surface area contributed by atoms with E-state index < -0.39 is 0 Å².